The van der Waals surface area contributed by atoms with Crippen molar-refractivity contribution in [2.45, 2.75) is 6.92 Å². The molecular formula is C71H49N3. The van der Waals surface area contributed by atoms with Gasteiger partial charge in [0.1, 0.15) is 0 Å². The van der Waals surface area contributed by atoms with Crippen molar-refractivity contribution >= 4 is 71.4 Å². The third kappa shape index (κ3) is 7.36. The highest BCUT2D eigenvalue weighted by Crippen LogP contribution is 2.42. The predicted molar refractivity (Wildman–Crippen MR) is 314 cm³/mol. The van der Waals surface area contributed by atoms with E-state index >= 15 is 0 Å². The van der Waals surface area contributed by atoms with Crippen molar-refractivity contribution in [3.8, 4) is 55.9 Å². The molecule has 3 heteroatoms. The van der Waals surface area contributed by atoms with Crippen LogP contribution in [-0.2, 0) is 0 Å². The lowest BCUT2D eigenvalue weighted by Gasteiger charge is -2.27. The first kappa shape index (κ1) is 43.1. The van der Waals surface area contributed by atoms with Crippen LogP contribution in [0.1, 0.15) is 5.56 Å². The number of rotatable bonds is 9. The first-order valence-electron chi connectivity index (χ1n) is 25.5. The first-order chi connectivity index (χ1) is 36.6. The van der Waals surface area contributed by atoms with E-state index in [2.05, 4.69) is 300 Å². The molecule has 14 aromatic rings. The van der Waals surface area contributed by atoms with Crippen LogP contribution in [0.15, 0.2) is 279 Å². The molecule has 74 heavy (non-hydrogen) atoms. The van der Waals surface area contributed by atoms with Crippen LogP contribution in [-0.4, -0.2) is 9.13 Å². The summed E-state index contributed by atoms with van der Waals surface area (Å²) in [5, 5.41) is 7.52. The summed E-state index contributed by atoms with van der Waals surface area (Å²) in [7, 11) is 0. The Balaban J connectivity index is 0.768. The Kier molecular flexibility index (Phi) is 10.4. The Hall–Kier alpha value is -9.70. The van der Waals surface area contributed by atoms with E-state index in [0.717, 1.165) is 28.4 Å². The molecule has 0 fully saturated rings. The van der Waals surface area contributed by atoms with Gasteiger partial charge < -0.3 is 14.0 Å². The SMILES string of the molecule is Cc1ccc(N(c2ccc(-c3ccc(-c4ccc5c6ccccc6n(-c6ccccc6)c5c4)cc3)cc2)c2ccc(-c3ccc(-c4ccc5c6ccccc6n(-c6ccccc6)c5c4)cc3)cc2)c2ccccc12. The maximum absolute atomic E-state index is 2.40. The summed E-state index contributed by atoms with van der Waals surface area (Å²) < 4.78 is 4.77. The van der Waals surface area contributed by atoms with Crippen LogP contribution in [0.25, 0.3) is 110 Å². The van der Waals surface area contributed by atoms with Crippen molar-refractivity contribution in [3.05, 3.63) is 285 Å². The Morgan fingerprint density at radius 3 is 1.00 bits per heavy atom. The number of nitrogens with zero attached hydrogens (tertiary/aromatic N) is 3. The molecule has 0 unspecified atom stereocenters. The predicted octanol–water partition coefficient (Wildman–Crippen LogP) is 19.5. The van der Waals surface area contributed by atoms with E-state index in [0.29, 0.717) is 0 Å². The number of fused-ring (bicyclic) bond motifs is 7. The monoisotopic (exact) mass is 943 g/mol. The molecule has 2 aromatic heterocycles. The summed E-state index contributed by atoms with van der Waals surface area (Å²) in [4.78, 5) is 2.40. The van der Waals surface area contributed by atoms with Crippen molar-refractivity contribution in [1.29, 1.82) is 0 Å². The molecule has 0 aliphatic carbocycles. The van der Waals surface area contributed by atoms with Gasteiger partial charge in [-0.3, -0.25) is 0 Å². The van der Waals surface area contributed by atoms with E-state index in [1.165, 1.54) is 104 Å². The molecule has 0 spiro atoms. The van der Waals surface area contributed by atoms with Crippen LogP contribution >= 0.6 is 0 Å². The summed E-state index contributed by atoms with van der Waals surface area (Å²) in [6, 6.07) is 102. The maximum atomic E-state index is 2.40. The Morgan fingerprint density at radius 2 is 0.568 bits per heavy atom. The second-order valence-corrected chi connectivity index (χ2v) is 19.4. The third-order valence-corrected chi connectivity index (χ3v) is 15.1. The average Bonchev–Trinajstić information content (AvgIpc) is 3.99. The van der Waals surface area contributed by atoms with Crippen molar-refractivity contribution < 1.29 is 0 Å². The number of benzene rings is 12. The van der Waals surface area contributed by atoms with Gasteiger partial charge in [-0.25, -0.2) is 0 Å². The van der Waals surface area contributed by atoms with Crippen molar-refractivity contribution in [2.24, 2.45) is 0 Å². The largest absolute Gasteiger partial charge is 0.310 e. The molecule has 14 rings (SSSR count). The maximum Gasteiger partial charge on any atom is 0.0547 e. The van der Waals surface area contributed by atoms with Gasteiger partial charge in [-0.1, -0.05) is 200 Å². The minimum absolute atomic E-state index is 1.10. The Labute approximate surface area is 430 Å². The summed E-state index contributed by atoms with van der Waals surface area (Å²) in [5.74, 6) is 0. The van der Waals surface area contributed by atoms with Crippen LogP contribution in [0.4, 0.5) is 17.1 Å². The highest BCUT2D eigenvalue weighted by molar-refractivity contribution is 6.11. The molecule has 0 atom stereocenters. The van der Waals surface area contributed by atoms with Gasteiger partial charge in [-0.05, 0) is 141 Å². The topological polar surface area (TPSA) is 13.1 Å². The van der Waals surface area contributed by atoms with Crippen molar-refractivity contribution in [3.63, 3.8) is 0 Å². The summed E-state index contributed by atoms with van der Waals surface area (Å²) in [5.41, 5.74) is 21.3. The fourth-order valence-electron chi connectivity index (χ4n) is 11.4. The second-order valence-electron chi connectivity index (χ2n) is 19.4. The highest BCUT2D eigenvalue weighted by Gasteiger charge is 2.19. The fourth-order valence-corrected chi connectivity index (χ4v) is 11.4. The Morgan fingerprint density at radius 1 is 0.243 bits per heavy atom. The number of aromatic nitrogens is 2. The summed E-state index contributed by atoms with van der Waals surface area (Å²) in [6.07, 6.45) is 0. The van der Waals surface area contributed by atoms with Crippen LogP contribution in [0, 0.1) is 6.92 Å². The molecule has 0 N–H and O–H groups in total. The van der Waals surface area contributed by atoms with Crippen LogP contribution in [0.2, 0.25) is 0 Å². The molecule has 0 saturated heterocycles. The lowest BCUT2D eigenvalue weighted by atomic mass is 9.98. The van der Waals surface area contributed by atoms with Gasteiger partial charge in [0, 0.05) is 49.7 Å². The van der Waals surface area contributed by atoms with Gasteiger partial charge in [0.15, 0.2) is 0 Å². The molecule has 3 nitrogen and oxygen atoms in total. The van der Waals surface area contributed by atoms with Gasteiger partial charge in [-0.2, -0.15) is 0 Å². The number of para-hydroxylation sites is 4. The molecule has 0 saturated carbocycles. The van der Waals surface area contributed by atoms with E-state index in [4.69, 9.17) is 0 Å². The van der Waals surface area contributed by atoms with Crippen molar-refractivity contribution in [2.75, 3.05) is 4.90 Å². The number of anilines is 3. The molecule has 2 heterocycles. The number of aryl methyl sites for hydroxylation is 1. The van der Waals surface area contributed by atoms with E-state index < -0.39 is 0 Å². The van der Waals surface area contributed by atoms with E-state index in [1.807, 2.05) is 0 Å². The van der Waals surface area contributed by atoms with Gasteiger partial charge in [0.05, 0.1) is 27.8 Å². The second kappa shape index (κ2) is 17.9. The van der Waals surface area contributed by atoms with Crippen LogP contribution in [0.5, 0.6) is 0 Å². The zero-order chi connectivity index (χ0) is 49.1. The van der Waals surface area contributed by atoms with Gasteiger partial charge >= 0.3 is 0 Å². The normalized spacial score (nSPS) is 11.6. The van der Waals surface area contributed by atoms with E-state index in [-0.39, 0.29) is 0 Å². The highest BCUT2D eigenvalue weighted by atomic mass is 15.1. The van der Waals surface area contributed by atoms with Crippen molar-refractivity contribution in [1.82, 2.24) is 9.13 Å². The standard InChI is InChI=1S/C71H49N3/c1-48-24-45-69(62-19-9-8-18-61(48)62)72(59-39-33-51(34-40-59)49-25-29-53(30-26-49)55-37-43-65-63-20-10-12-22-67(63)73(70(65)46-55)57-14-4-2-5-15-57)60-41-35-52(36-42-60)50-27-31-54(32-28-50)56-38-44-66-64-21-11-13-23-68(64)74(71(66)47-56)58-16-6-3-7-17-58/h2-47H,1H3. The molecule has 0 radical (unpaired) electrons. The molecule has 0 aliphatic heterocycles. The smallest absolute Gasteiger partial charge is 0.0547 e. The third-order valence-electron chi connectivity index (χ3n) is 15.1. The molecule has 0 bridgehead atoms. The van der Waals surface area contributed by atoms with Gasteiger partial charge in [0.2, 0.25) is 0 Å². The molecular weight excluding hydrogens is 895 g/mol. The average molecular weight is 944 g/mol. The lowest BCUT2D eigenvalue weighted by Crippen LogP contribution is -2.10. The quantitative estimate of drug-likeness (QED) is 0.141. The summed E-state index contributed by atoms with van der Waals surface area (Å²) in [6.45, 7) is 2.20. The summed E-state index contributed by atoms with van der Waals surface area (Å²) >= 11 is 0. The van der Waals surface area contributed by atoms with E-state index in [1.54, 1.807) is 0 Å². The van der Waals surface area contributed by atoms with Crippen LogP contribution < -0.4 is 4.90 Å². The molecule has 0 amide bonds. The van der Waals surface area contributed by atoms with E-state index in [9.17, 15) is 0 Å². The minimum atomic E-state index is 1.10. The number of hydrogen-bond donors (Lipinski definition) is 0. The lowest BCUT2D eigenvalue weighted by molar-refractivity contribution is 1.18. The van der Waals surface area contributed by atoms with Gasteiger partial charge in [0.25, 0.3) is 0 Å². The molecule has 348 valence electrons. The first-order valence-corrected chi connectivity index (χ1v) is 25.5. The fraction of sp³-hybridized carbons (Fsp3) is 0.0141. The van der Waals surface area contributed by atoms with Crippen LogP contribution in [0.3, 0.4) is 0 Å². The van der Waals surface area contributed by atoms with Gasteiger partial charge in [-0.15, -0.1) is 0 Å². The zero-order valence-electron chi connectivity index (χ0n) is 40.9. The zero-order valence-corrected chi connectivity index (χ0v) is 40.9. The molecule has 12 aromatic carbocycles. The number of hydrogen-bond acceptors (Lipinski definition) is 1. The molecule has 0 aliphatic rings. The Bertz CT molecular complexity index is 4130. The minimum Gasteiger partial charge on any atom is -0.310 e.